The number of fused-ring (bicyclic) bond motifs is 4. The van der Waals surface area contributed by atoms with E-state index in [1.54, 1.807) is 22.6 Å². The SMILES string of the molecule is O=c1cc2c(=O)n3c4ccccc4nc3c3cccc(c1=NNc1ccc(-c4nnco4)cc1)c23. The van der Waals surface area contributed by atoms with E-state index in [1.807, 2.05) is 48.5 Å². The van der Waals surface area contributed by atoms with Crippen LogP contribution in [0.2, 0.25) is 0 Å². The summed E-state index contributed by atoms with van der Waals surface area (Å²) in [4.78, 5) is 31.3. The summed E-state index contributed by atoms with van der Waals surface area (Å²) in [6, 6.07) is 21.6. The van der Waals surface area contributed by atoms with E-state index in [2.05, 4.69) is 20.7 Å². The van der Waals surface area contributed by atoms with Gasteiger partial charge in [-0.05, 0) is 36.4 Å². The van der Waals surface area contributed by atoms with Gasteiger partial charge in [-0.25, -0.2) is 4.98 Å². The zero-order valence-corrected chi connectivity index (χ0v) is 18.0. The van der Waals surface area contributed by atoms with Crippen molar-refractivity contribution >= 4 is 43.9 Å². The smallest absolute Gasteiger partial charge is 0.264 e. The van der Waals surface area contributed by atoms with Gasteiger partial charge < -0.3 is 4.42 Å². The molecule has 7 aromatic rings. The van der Waals surface area contributed by atoms with Gasteiger partial charge in [0.05, 0.1) is 22.1 Å². The van der Waals surface area contributed by atoms with Crippen LogP contribution >= 0.6 is 0 Å². The van der Waals surface area contributed by atoms with Crippen LogP contribution in [0.5, 0.6) is 0 Å². The number of hydrogen-bond donors (Lipinski definition) is 1. The Morgan fingerprint density at radius 1 is 0.886 bits per heavy atom. The first kappa shape index (κ1) is 19.3. The van der Waals surface area contributed by atoms with Crippen molar-refractivity contribution in [3.05, 3.63) is 105 Å². The molecule has 0 amide bonds. The number of hydrogen-bond acceptors (Lipinski definition) is 8. The number of benzene rings is 4. The van der Waals surface area contributed by atoms with Crippen LogP contribution in [0.1, 0.15) is 0 Å². The van der Waals surface area contributed by atoms with Crippen LogP contribution < -0.4 is 21.8 Å². The quantitative estimate of drug-likeness (QED) is 0.404. The molecule has 0 radical (unpaired) electrons. The summed E-state index contributed by atoms with van der Waals surface area (Å²) in [5.74, 6) is 0.412. The Bertz CT molecular complexity index is 2070. The van der Waals surface area contributed by atoms with Crippen LogP contribution in [-0.2, 0) is 0 Å². The monoisotopic (exact) mass is 458 g/mol. The first-order valence-electron chi connectivity index (χ1n) is 10.8. The molecule has 35 heavy (non-hydrogen) atoms. The largest absolute Gasteiger partial charge is 0.423 e. The number of nitrogens with zero attached hydrogens (tertiary/aromatic N) is 5. The molecule has 0 aliphatic rings. The number of para-hydroxylation sites is 2. The second-order valence-electron chi connectivity index (χ2n) is 8.11. The van der Waals surface area contributed by atoms with Crippen LogP contribution in [0.4, 0.5) is 5.69 Å². The van der Waals surface area contributed by atoms with E-state index < -0.39 is 0 Å². The number of pyridine rings is 1. The lowest BCUT2D eigenvalue weighted by atomic mass is 10.0. The van der Waals surface area contributed by atoms with E-state index in [1.165, 1.54) is 12.5 Å². The molecule has 4 aromatic carbocycles. The van der Waals surface area contributed by atoms with Crippen molar-refractivity contribution in [1.82, 2.24) is 19.6 Å². The van der Waals surface area contributed by atoms with E-state index in [-0.39, 0.29) is 16.3 Å². The predicted octanol–water partition coefficient (Wildman–Crippen LogP) is 3.37. The minimum absolute atomic E-state index is 0.226. The third kappa shape index (κ3) is 2.81. The Morgan fingerprint density at radius 3 is 2.54 bits per heavy atom. The van der Waals surface area contributed by atoms with Crippen molar-refractivity contribution in [3.8, 4) is 11.5 Å². The highest BCUT2D eigenvalue weighted by Crippen LogP contribution is 2.27. The van der Waals surface area contributed by atoms with Gasteiger partial charge in [0.2, 0.25) is 17.7 Å². The van der Waals surface area contributed by atoms with E-state index >= 15 is 0 Å². The van der Waals surface area contributed by atoms with Crippen LogP contribution in [0, 0.1) is 0 Å². The highest BCUT2D eigenvalue weighted by Gasteiger charge is 2.17. The average Bonchev–Trinajstić information content (AvgIpc) is 3.55. The minimum atomic E-state index is -0.346. The second kappa shape index (κ2) is 7.16. The van der Waals surface area contributed by atoms with Crippen molar-refractivity contribution in [2.45, 2.75) is 0 Å². The fourth-order valence-corrected chi connectivity index (χ4v) is 4.55. The van der Waals surface area contributed by atoms with E-state index in [9.17, 15) is 9.59 Å². The molecule has 0 unspecified atom stereocenters. The standard InChI is InChI=1S/C26H14N6O3/c33-21-12-18-22-16(23(21)30-29-15-10-8-14(9-11-15)25-31-27-13-35-25)4-3-5-17(22)24-28-19-6-1-2-7-20(19)32(24)26(18)34/h1-13,29H. The van der Waals surface area contributed by atoms with Crippen molar-refractivity contribution in [1.29, 1.82) is 0 Å². The average molecular weight is 458 g/mol. The molecule has 0 bridgehead atoms. The van der Waals surface area contributed by atoms with Gasteiger partial charge in [-0.15, -0.1) is 10.2 Å². The number of nitrogens with one attached hydrogen (secondary N) is 1. The molecule has 0 atom stereocenters. The fourth-order valence-electron chi connectivity index (χ4n) is 4.55. The molecule has 9 nitrogen and oxygen atoms in total. The summed E-state index contributed by atoms with van der Waals surface area (Å²) < 4.78 is 6.78. The molecular formula is C26H14N6O3. The Kier molecular flexibility index (Phi) is 3.95. The van der Waals surface area contributed by atoms with Gasteiger partial charge in [0, 0.05) is 27.8 Å². The van der Waals surface area contributed by atoms with Crippen LogP contribution in [0.15, 0.2) is 98.3 Å². The first-order valence-corrected chi connectivity index (χ1v) is 10.8. The van der Waals surface area contributed by atoms with Gasteiger partial charge in [-0.1, -0.05) is 30.3 Å². The Balaban J connectivity index is 1.44. The number of anilines is 1. The lowest BCUT2D eigenvalue weighted by Gasteiger charge is -2.07. The van der Waals surface area contributed by atoms with Gasteiger partial charge in [0.25, 0.3) is 5.56 Å². The summed E-state index contributed by atoms with van der Waals surface area (Å²) in [6.07, 6.45) is 1.27. The van der Waals surface area contributed by atoms with Crippen molar-refractivity contribution in [3.63, 3.8) is 0 Å². The van der Waals surface area contributed by atoms with E-state index in [0.29, 0.717) is 38.9 Å². The third-order valence-electron chi connectivity index (χ3n) is 6.12. The topological polar surface area (TPSA) is 115 Å². The van der Waals surface area contributed by atoms with Gasteiger partial charge in [-0.3, -0.25) is 19.4 Å². The molecule has 3 aromatic heterocycles. The molecule has 166 valence electrons. The third-order valence-corrected chi connectivity index (χ3v) is 6.12. The van der Waals surface area contributed by atoms with Gasteiger partial charge in [-0.2, -0.15) is 5.10 Å². The Labute approximate surface area is 195 Å². The van der Waals surface area contributed by atoms with Crippen molar-refractivity contribution in [2.24, 2.45) is 5.10 Å². The molecule has 0 aliphatic carbocycles. The lowest BCUT2D eigenvalue weighted by Crippen LogP contribution is -2.28. The van der Waals surface area contributed by atoms with Crippen LogP contribution in [0.25, 0.3) is 49.7 Å². The molecule has 0 saturated heterocycles. The summed E-state index contributed by atoms with van der Waals surface area (Å²) in [7, 11) is 0. The minimum Gasteiger partial charge on any atom is -0.423 e. The molecule has 0 spiro atoms. The molecule has 3 heterocycles. The van der Waals surface area contributed by atoms with Gasteiger partial charge >= 0.3 is 0 Å². The summed E-state index contributed by atoms with van der Waals surface area (Å²) in [6.45, 7) is 0. The highest BCUT2D eigenvalue weighted by molar-refractivity contribution is 6.15. The molecule has 0 fully saturated rings. The molecule has 0 saturated carbocycles. The molecular weight excluding hydrogens is 444 g/mol. The molecule has 1 N–H and O–H groups in total. The maximum absolute atomic E-state index is 13.5. The number of imidazole rings is 1. The second-order valence-corrected chi connectivity index (χ2v) is 8.11. The number of rotatable bonds is 3. The summed E-state index contributed by atoms with van der Waals surface area (Å²) in [5.41, 5.74) is 5.75. The van der Waals surface area contributed by atoms with E-state index in [0.717, 1.165) is 16.5 Å². The van der Waals surface area contributed by atoms with Crippen LogP contribution in [0.3, 0.4) is 0 Å². The lowest BCUT2D eigenvalue weighted by molar-refractivity contribution is 0.568. The zero-order chi connectivity index (χ0) is 23.5. The zero-order valence-electron chi connectivity index (χ0n) is 18.0. The Morgan fingerprint density at radius 2 is 1.71 bits per heavy atom. The molecule has 0 aliphatic heterocycles. The van der Waals surface area contributed by atoms with E-state index in [4.69, 9.17) is 9.40 Å². The predicted molar refractivity (Wildman–Crippen MR) is 132 cm³/mol. The molecule has 7 rings (SSSR count). The van der Waals surface area contributed by atoms with Gasteiger partial charge in [0.15, 0.2) is 0 Å². The summed E-state index contributed by atoms with van der Waals surface area (Å²) >= 11 is 0. The normalized spacial score (nSPS) is 12.4. The maximum atomic E-state index is 13.5. The fraction of sp³-hybridized carbons (Fsp3) is 0. The Hall–Kier alpha value is -5.18. The van der Waals surface area contributed by atoms with Gasteiger partial charge in [0.1, 0.15) is 11.0 Å². The number of aromatic nitrogens is 4. The van der Waals surface area contributed by atoms with Crippen molar-refractivity contribution in [2.75, 3.05) is 5.43 Å². The maximum Gasteiger partial charge on any atom is 0.264 e. The highest BCUT2D eigenvalue weighted by atomic mass is 16.4. The molecule has 9 heteroatoms. The van der Waals surface area contributed by atoms with Crippen LogP contribution in [-0.4, -0.2) is 19.6 Å². The summed E-state index contributed by atoms with van der Waals surface area (Å²) in [5, 5.41) is 14.6. The first-order chi connectivity index (χ1) is 17.2. The van der Waals surface area contributed by atoms with Crippen molar-refractivity contribution < 1.29 is 4.42 Å².